The summed E-state index contributed by atoms with van der Waals surface area (Å²) in [6, 6.07) is 13.8. The van der Waals surface area contributed by atoms with Crippen LogP contribution in [0, 0.1) is 0 Å². The normalized spacial score (nSPS) is 19.5. The van der Waals surface area contributed by atoms with Crippen LogP contribution in [0.3, 0.4) is 0 Å². The second-order valence-corrected chi connectivity index (χ2v) is 6.63. The van der Waals surface area contributed by atoms with E-state index >= 15 is 0 Å². The first kappa shape index (κ1) is 15.6. The number of likely N-dealkylation sites (N-methyl/N-ethyl adjacent to an activating group) is 1. The van der Waals surface area contributed by atoms with E-state index in [0.29, 0.717) is 5.69 Å². The summed E-state index contributed by atoms with van der Waals surface area (Å²) >= 11 is 0. The van der Waals surface area contributed by atoms with E-state index in [1.807, 2.05) is 42.5 Å². The Hall–Kier alpha value is -2.95. The van der Waals surface area contributed by atoms with E-state index < -0.39 is 11.4 Å². The number of amides is 1. The molecule has 0 saturated heterocycles. The van der Waals surface area contributed by atoms with Crippen molar-refractivity contribution in [2.75, 3.05) is 19.1 Å². The number of hydrogen-bond acceptors (Lipinski definition) is 4. The van der Waals surface area contributed by atoms with Gasteiger partial charge in [0.2, 0.25) is 5.91 Å². The van der Waals surface area contributed by atoms with Crippen LogP contribution < -0.4 is 4.90 Å². The average Bonchev–Trinajstić information content (AvgIpc) is 2.64. The van der Waals surface area contributed by atoms with Gasteiger partial charge in [0, 0.05) is 17.8 Å². The zero-order valence-corrected chi connectivity index (χ0v) is 14.4. The van der Waals surface area contributed by atoms with Gasteiger partial charge in [-0.1, -0.05) is 30.3 Å². The molecule has 1 amide bonds. The van der Waals surface area contributed by atoms with E-state index in [9.17, 15) is 9.59 Å². The summed E-state index contributed by atoms with van der Waals surface area (Å²) in [6.45, 7) is 1.77. The maximum atomic E-state index is 13.1. The Bertz CT molecular complexity index is 1040. The fraction of sp³-hybridized carbons (Fsp3) is 0.250. The first-order chi connectivity index (χ1) is 12.0. The van der Waals surface area contributed by atoms with Crippen LogP contribution in [-0.4, -0.2) is 31.0 Å². The Morgan fingerprint density at radius 1 is 1.16 bits per heavy atom. The summed E-state index contributed by atoms with van der Waals surface area (Å²) < 4.78 is 4.84. The lowest BCUT2D eigenvalue weighted by Crippen LogP contribution is -2.48. The van der Waals surface area contributed by atoms with Crippen molar-refractivity contribution in [2.24, 2.45) is 0 Å². The molecule has 0 spiro atoms. The highest BCUT2D eigenvalue weighted by Crippen LogP contribution is 2.45. The van der Waals surface area contributed by atoms with Crippen molar-refractivity contribution in [1.29, 1.82) is 0 Å². The molecule has 0 N–H and O–H groups in total. The number of rotatable bonds is 2. The highest BCUT2D eigenvalue weighted by Gasteiger charge is 2.46. The molecule has 25 heavy (non-hydrogen) atoms. The van der Waals surface area contributed by atoms with Crippen molar-refractivity contribution in [3.05, 3.63) is 48.2 Å². The van der Waals surface area contributed by atoms with E-state index in [-0.39, 0.29) is 12.3 Å². The van der Waals surface area contributed by atoms with E-state index in [1.165, 1.54) is 7.11 Å². The average molecular weight is 334 g/mol. The third-order valence-electron chi connectivity index (χ3n) is 5.09. The number of hydrogen-bond donors (Lipinski definition) is 0. The van der Waals surface area contributed by atoms with Crippen LogP contribution in [-0.2, 0) is 19.7 Å². The molecule has 2 heterocycles. The molecule has 4 rings (SSSR count). The van der Waals surface area contributed by atoms with Gasteiger partial charge in [-0.05, 0) is 24.4 Å². The maximum Gasteiger partial charge on any atom is 0.306 e. The number of carbonyl (C=O) groups excluding carboxylic acids is 2. The SMILES string of the molecule is COC(=O)CC1(C)C(=O)N(C)c2cccc3c2c1nc1ccccc13. The highest BCUT2D eigenvalue weighted by atomic mass is 16.5. The van der Waals surface area contributed by atoms with Gasteiger partial charge in [-0.2, -0.15) is 0 Å². The van der Waals surface area contributed by atoms with Gasteiger partial charge in [0.1, 0.15) is 5.41 Å². The van der Waals surface area contributed by atoms with Gasteiger partial charge in [0.25, 0.3) is 0 Å². The van der Waals surface area contributed by atoms with Gasteiger partial charge in [-0.25, -0.2) is 0 Å². The number of pyridine rings is 1. The van der Waals surface area contributed by atoms with Crippen LogP contribution in [0.5, 0.6) is 0 Å². The largest absolute Gasteiger partial charge is 0.469 e. The van der Waals surface area contributed by atoms with Crippen LogP contribution >= 0.6 is 0 Å². The molecule has 0 radical (unpaired) electrons. The zero-order valence-electron chi connectivity index (χ0n) is 14.4. The maximum absolute atomic E-state index is 13.1. The smallest absolute Gasteiger partial charge is 0.306 e. The Morgan fingerprint density at radius 2 is 1.88 bits per heavy atom. The molecule has 1 atom stereocenters. The minimum atomic E-state index is -1.06. The van der Waals surface area contributed by atoms with E-state index in [0.717, 1.165) is 27.4 Å². The third-order valence-corrected chi connectivity index (χ3v) is 5.09. The fourth-order valence-electron chi connectivity index (χ4n) is 3.77. The zero-order chi connectivity index (χ0) is 17.8. The molecule has 0 fully saturated rings. The second-order valence-electron chi connectivity index (χ2n) is 6.63. The molecular formula is C20H18N2O3. The number of anilines is 1. The topological polar surface area (TPSA) is 59.5 Å². The first-order valence-corrected chi connectivity index (χ1v) is 8.14. The molecule has 0 aliphatic carbocycles. The number of carbonyl (C=O) groups is 2. The fourth-order valence-corrected chi connectivity index (χ4v) is 3.77. The summed E-state index contributed by atoms with van der Waals surface area (Å²) in [5.74, 6) is -0.576. The van der Waals surface area contributed by atoms with Gasteiger partial charge in [0.05, 0.1) is 30.4 Å². The molecule has 1 aliphatic rings. The summed E-state index contributed by atoms with van der Waals surface area (Å²) in [5, 5.41) is 2.99. The van der Waals surface area contributed by atoms with Gasteiger partial charge in [-0.15, -0.1) is 0 Å². The predicted octanol–water partition coefficient (Wildman–Crippen LogP) is 3.19. The van der Waals surface area contributed by atoms with Crippen LogP contribution in [0.2, 0.25) is 0 Å². The van der Waals surface area contributed by atoms with Crippen LogP contribution in [0.15, 0.2) is 42.5 Å². The molecule has 1 aliphatic heterocycles. The van der Waals surface area contributed by atoms with Crippen molar-refractivity contribution in [3.63, 3.8) is 0 Å². The number of esters is 1. The Labute approximate surface area is 145 Å². The van der Waals surface area contributed by atoms with Crippen LogP contribution in [0.1, 0.15) is 19.0 Å². The Balaban J connectivity index is 2.15. The van der Waals surface area contributed by atoms with Gasteiger partial charge < -0.3 is 9.64 Å². The van der Waals surface area contributed by atoms with E-state index in [4.69, 9.17) is 9.72 Å². The molecule has 0 saturated carbocycles. The van der Waals surface area contributed by atoms with Crippen LogP contribution in [0.25, 0.3) is 21.7 Å². The quantitative estimate of drug-likeness (QED) is 0.533. The lowest BCUT2D eigenvalue weighted by molar-refractivity contribution is -0.144. The minimum absolute atomic E-state index is 0.0402. The monoisotopic (exact) mass is 334 g/mol. The third kappa shape index (κ3) is 2.05. The summed E-state index contributed by atoms with van der Waals surface area (Å²) in [6.07, 6.45) is -0.0402. The molecule has 2 aromatic carbocycles. The second kappa shape index (κ2) is 5.28. The number of methoxy groups -OCH3 is 1. The van der Waals surface area contributed by atoms with Crippen LogP contribution in [0.4, 0.5) is 5.69 Å². The molecule has 5 nitrogen and oxygen atoms in total. The molecule has 0 bridgehead atoms. The highest BCUT2D eigenvalue weighted by molar-refractivity contribution is 6.19. The number of fused-ring (bicyclic) bond motifs is 2. The van der Waals surface area contributed by atoms with E-state index in [2.05, 4.69) is 0 Å². The van der Waals surface area contributed by atoms with Crippen molar-refractivity contribution in [2.45, 2.75) is 18.8 Å². The number of aromatic nitrogens is 1. The van der Waals surface area contributed by atoms with Crippen molar-refractivity contribution < 1.29 is 14.3 Å². The predicted molar refractivity (Wildman–Crippen MR) is 96.6 cm³/mol. The number of nitrogens with zero attached hydrogens (tertiary/aromatic N) is 2. The number of para-hydroxylation sites is 1. The Morgan fingerprint density at radius 3 is 2.64 bits per heavy atom. The van der Waals surface area contributed by atoms with Gasteiger partial charge in [0.15, 0.2) is 0 Å². The molecule has 126 valence electrons. The molecule has 1 unspecified atom stereocenters. The molecule has 1 aromatic heterocycles. The summed E-state index contributed by atoms with van der Waals surface area (Å²) in [4.78, 5) is 31.6. The lowest BCUT2D eigenvalue weighted by atomic mass is 9.76. The Kier molecular flexibility index (Phi) is 3.29. The minimum Gasteiger partial charge on any atom is -0.469 e. The molecule has 3 aromatic rings. The van der Waals surface area contributed by atoms with E-state index in [1.54, 1.807) is 18.9 Å². The first-order valence-electron chi connectivity index (χ1n) is 8.14. The number of ether oxygens (including phenoxy) is 1. The molecule has 5 heteroatoms. The molecular weight excluding hydrogens is 316 g/mol. The standard InChI is InChI=1S/C20H18N2O3/c1-20(11-16(23)25-3)18-17-13(12-7-4-5-9-14(12)21-18)8-6-10-15(17)22(2)19(20)24/h4-10H,11H2,1-3H3. The van der Waals surface area contributed by atoms with Crippen molar-refractivity contribution >= 4 is 39.2 Å². The number of benzene rings is 2. The van der Waals surface area contributed by atoms with Crippen molar-refractivity contribution in [3.8, 4) is 0 Å². The lowest BCUT2D eigenvalue weighted by Gasteiger charge is -2.38. The summed E-state index contributed by atoms with van der Waals surface area (Å²) in [7, 11) is 3.07. The van der Waals surface area contributed by atoms with Gasteiger partial charge in [-0.3, -0.25) is 14.6 Å². The summed E-state index contributed by atoms with van der Waals surface area (Å²) in [5.41, 5.74) is 1.22. The van der Waals surface area contributed by atoms with Gasteiger partial charge >= 0.3 is 5.97 Å². The van der Waals surface area contributed by atoms with Crippen molar-refractivity contribution in [1.82, 2.24) is 4.98 Å².